The summed E-state index contributed by atoms with van der Waals surface area (Å²) in [6, 6.07) is 14.9. The number of aromatic nitrogens is 2. The van der Waals surface area contributed by atoms with Crippen LogP contribution in [0.3, 0.4) is 0 Å². The van der Waals surface area contributed by atoms with E-state index >= 15 is 0 Å². The first-order valence-corrected chi connectivity index (χ1v) is 10.1. The molecule has 0 amide bonds. The van der Waals surface area contributed by atoms with Gasteiger partial charge in [0.15, 0.2) is 0 Å². The van der Waals surface area contributed by atoms with Gasteiger partial charge in [0.25, 0.3) is 0 Å². The van der Waals surface area contributed by atoms with E-state index in [4.69, 9.17) is 4.74 Å². The van der Waals surface area contributed by atoms with Gasteiger partial charge in [-0.2, -0.15) is 0 Å². The highest BCUT2D eigenvalue weighted by molar-refractivity contribution is 5.61. The van der Waals surface area contributed by atoms with E-state index in [2.05, 4.69) is 71.2 Å². The molecule has 0 fully saturated rings. The van der Waals surface area contributed by atoms with E-state index in [9.17, 15) is 0 Å². The van der Waals surface area contributed by atoms with Crippen LogP contribution in [0.15, 0.2) is 60.4 Å². The molecule has 0 saturated heterocycles. The van der Waals surface area contributed by atoms with Gasteiger partial charge in [-0.1, -0.05) is 48.0 Å². The van der Waals surface area contributed by atoms with Crippen molar-refractivity contribution in [1.82, 2.24) is 9.55 Å². The number of rotatable bonds is 6. The molecule has 1 heterocycles. The number of benzene rings is 2. The monoisotopic (exact) mass is 372 g/mol. The molecule has 0 radical (unpaired) electrons. The lowest BCUT2D eigenvalue weighted by Gasteiger charge is -2.21. The van der Waals surface area contributed by atoms with Crippen LogP contribution >= 0.6 is 0 Å². The van der Waals surface area contributed by atoms with Gasteiger partial charge in [-0.05, 0) is 60.9 Å². The first-order valence-electron chi connectivity index (χ1n) is 10.1. The molecule has 0 aliphatic heterocycles. The van der Waals surface area contributed by atoms with Crippen LogP contribution in [0.25, 0.3) is 6.08 Å². The average Bonchev–Trinajstić information content (AvgIpc) is 3.15. The van der Waals surface area contributed by atoms with Gasteiger partial charge in [-0.15, -0.1) is 0 Å². The van der Waals surface area contributed by atoms with Crippen LogP contribution in [0.2, 0.25) is 0 Å². The van der Waals surface area contributed by atoms with Crippen LogP contribution < -0.4 is 4.74 Å². The lowest BCUT2D eigenvalue weighted by molar-refractivity contribution is 0.406. The molecule has 1 aliphatic rings. The summed E-state index contributed by atoms with van der Waals surface area (Å²) in [5.74, 6) is 2.15. The summed E-state index contributed by atoms with van der Waals surface area (Å²) < 4.78 is 7.86. The Kier molecular flexibility index (Phi) is 5.61. The van der Waals surface area contributed by atoms with Crippen LogP contribution in [0.1, 0.15) is 47.8 Å². The second kappa shape index (κ2) is 8.47. The molecule has 3 aromatic rings. The van der Waals surface area contributed by atoms with E-state index in [1.165, 1.54) is 40.7 Å². The topological polar surface area (TPSA) is 27.1 Å². The van der Waals surface area contributed by atoms with E-state index in [0.29, 0.717) is 0 Å². The number of hydrogen-bond acceptors (Lipinski definition) is 2. The summed E-state index contributed by atoms with van der Waals surface area (Å²) >= 11 is 0. The Morgan fingerprint density at radius 3 is 2.64 bits per heavy atom. The van der Waals surface area contributed by atoms with Crippen LogP contribution in [-0.4, -0.2) is 16.7 Å². The minimum Gasteiger partial charge on any atom is -0.496 e. The fourth-order valence-electron chi connectivity index (χ4n) is 4.20. The number of imidazole rings is 1. The van der Waals surface area contributed by atoms with Gasteiger partial charge in [-0.3, -0.25) is 0 Å². The minimum absolute atomic E-state index is 0.860. The molecule has 144 valence electrons. The fraction of sp³-hybridized carbons (Fsp3) is 0.320. The molecule has 3 nitrogen and oxygen atoms in total. The predicted octanol–water partition coefficient (Wildman–Crippen LogP) is 5.46. The molecule has 2 aromatic carbocycles. The van der Waals surface area contributed by atoms with Crippen molar-refractivity contribution in [3.8, 4) is 5.75 Å². The van der Waals surface area contributed by atoms with E-state index in [1.807, 2.05) is 6.20 Å². The molecule has 28 heavy (non-hydrogen) atoms. The molecule has 4 rings (SSSR count). The third-order valence-corrected chi connectivity index (χ3v) is 5.58. The number of fused-ring (bicyclic) bond motifs is 1. The van der Waals surface area contributed by atoms with Gasteiger partial charge in [0.05, 0.1) is 7.11 Å². The van der Waals surface area contributed by atoms with E-state index in [-0.39, 0.29) is 0 Å². The summed E-state index contributed by atoms with van der Waals surface area (Å²) in [6.07, 6.45) is 12.0. The SMILES string of the molecule is COc1ccc(/C=C(\C)Cn2ccnc2Cc2ccccc2)c2c1CCCC2. The van der Waals surface area contributed by atoms with Gasteiger partial charge in [0.1, 0.15) is 11.6 Å². The van der Waals surface area contributed by atoms with Gasteiger partial charge in [0.2, 0.25) is 0 Å². The normalized spacial score (nSPS) is 14.0. The molecule has 1 aromatic heterocycles. The highest BCUT2D eigenvalue weighted by Crippen LogP contribution is 2.33. The molecule has 0 unspecified atom stereocenters. The third-order valence-electron chi connectivity index (χ3n) is 5.58. The first-order chi connectivity index (χ1) is 13.7. The van der Waals surface area contributed by atoms with Crippen molar-refractivity contribution in [2.45, 2.75) is 45.6 Å². The Labute approximate surface area is 167 Å². The fourth-order valence-corrected chi connectivity index (χ4v) is 4.20. The zero-order chi connectivity index (χ0) is 19.3. The smallest absolute Gasteiger partial charge is 0.122 e. The Morgan fingerprint density at radius 2 is 1.86 bits per heavy atom. The van der Waals surface area contributed by atoms with Crippen molar-refractivity contribution >= 4 is 6.08 Å². The lowest BCUT2D eigenvalue weighted by Crippen LogP contribution is -2.08. The van der Waals surface area contributed by atoms with Gasteiger partial charge < -0.3 is 9.30 Å². The molecular formula is C25H28N2O. The highest BCUT2D eigenvalue weighted by Gasteiger charge is 2.16. The Morgan fingerprint density at radius 1 is 1.07 bits per heavy atom. The molecule has 0 bridgehead atoms. The van der Waals surface area contributed by atoms with Gasteiger partial charge >= 0.3 is 0 Å². The Bertz CT molecular complexity index is 969. The molecule has 0 N–H and O–H groups in total. The molecule has 0 atom stereocenters. The van der Waals surface area contributed by atoms with Crippen molar-refractivity contribution in [1.29, 1.82) is 0 Å². The average molecular weight is 373 g/mol. The zero-order valence-electron chi connectivity index (χ0n) is 16.8. The largest absolute Gasteiger partial charge is 0.496 e. The van der Waals surface area contributed by atoms with Crippen molar-refractivity contribution in [2.75, 3.05) is 7.11 Å². The second-order valence-corrected chi connectivity index (χ2v) is 7.65. The predicted molar refractivity (Wildman–Crippen MR) is 115 cm³/mol. The number of allylic oxidation sites excluding steroid dienone is 1. The van der Waals surface area contributed by atoms with Crippen LogP contribution in [0.5, 0.6) is 5.75 Å². The van der Waals surface area contributed by atoms with Crippen molar-refractivity contribution in [2.24, 2.45) is 0 Å². The maximum Gasteiger partial charge on any atom is 0.122 e. The van der Waals surface area contributed by atoms with E-state index in [1.54, 1.807) is 7.11 Å². The maximum atomic E-state index is 5.60. The number of methoxy groups -OCH3 is 1. The molecular weight excluding hydrogens is 344 g/mol. The lowest BCUT2D eigenvalue weighted by atomic mass is 9.87. The first kappa shape index (κ1) is 18.5. The number of ether oxygens (including phenoxy) is 1. The standard InChI is InChI=1S/C25H28N2O/c1-19(16-21-12-13-24(28-2)23-11-7-6-10-22(21)23)18-27-15-14-26-25(27)17-20-8-4-3-5-9-20/h3-5,8-9,12-16H,6-7,10-11,17-18H2,1-2H3/b19-16+. The van der Waals surface area contributed by atoms with Crippen LogP contribution in [0.4, 0.5) is 0 Å². The zero-order valence-corrected chi connectivity index (χ0v) is 16.8. The summed E-state index contributed by atoms with van der Waals surface area (Å²) in [6.45, 7) is 3.08. The van der Waals surface area contributed by atoms with Crippen LogP contribution in [-0.2, 0) is 25.8 Å². The van der Waals surface area contributed by atoms with Gasteiger partial charge in [0, 0.05) is 25.4 Å². The molecule has 0 spiro atoms. The van der Waals surface area contributed by atoms with Crippen LogP contribution in [0, 0.1) is 0 Å². The molecule has 3 heteroatoms. The van der Waals surface area contributed by atoms with Crippen molar-refractivity contribution < 1.29 is 4.74 Å². The summed E-state index contributed by atoms with van der Waals surface area (Å²) in [5, 5.41) is 0. The minimum atomic E-state index is 0.860. The van der Waals surface area contributed by atoms with E-state index in [0.717, 1.165) is 37.4 Å². The van der Waals surface area contributed by atoms with Crippen molar-refractivity contribution in [3.05, 3.63) is 88.5 Å². The van der Waals surface area contributed by atoms with Gasteiger partial charge in [-0.25, -0.2) is 4.98 Å². The van der Waals surface area contributed by atoms with E-state index < -0.39 is 0 Å². The molecule has 0 saturated carbocycles. The maximum absolute atomic E-state index is 5.60. The number of nitrogens with zero attached hydrogens (tertiary/aromatic N) is 2. The molecule has 1 aliphatic carbocycles. The van der Waals surface area contributed by atoms with Crippen molar-refractivity contribution in [3.63, 3.8) is 0 Å². The summed E-state index contributed by atoms with van der Waals surface area (Å²) in [5.41, 5.74) is 6.85. The Hall–Kier alpha value is -2.81. The third kappa shape index (κ3) is 4.04. The second-order valence-electron chi connectivity index (χ2n) is 7.65. The summed E-state index contributed by atoms with van der Waals surface area (Å²) in [7, 11) is 1.78. The quantitative estimate of drug-likeness (QED) is 0.574. The highest BCUT2D eigenvalue weighted by atomic mass is 16.5. The number of hydrogen-bond donors (Lipinski definition) is 0. The summed E-state index contributed by atoms with van der Waals surface area (Å²) in [4.78, 5) is 4.58. The Balaban J connectivity index is 1.56.